The molecule has 1 aliphatic heterocycles. The van der Waals surface area contributed by atoms with E-state index in [4.69, 9.17) is 9.47 Å². The van der Waals surface area contributed by atoms with Crippen LogP contribution in [0.2, 0.25) is 0 Å². The lowest BCUT2D eigenvalue weighted by Crippen LogP contribution is -2.60. The van der Waals surface area contributed by atoms with Gasteiger partial charge in [-0.05, 0) is 6.42 Å². The average molecular weight is 338 g/mol. The minimum Gasteiger partial charge on any atom is -0.394 e. The summed E-state index contributed by atoms with van der Waals surface area (Å²) in [5.41, 5.74) is 0. The highest BCUT2D eigenvalue weighted by atomic mass is 16.7. The molecule has 0 radical (unpaired) electrons. The van der Waals surface area contributed by atoms with E-state index in [1.54, 1.807) is 18.2 Å². The highest BCUT2D eigenvalue weighted by Crippen LogP contribution is 2.30. The van der Waals surface area contributed by atoms with Crippen molar-refractivity contribution < 1.29 is 34.7 Å². The fourth-order valence-corrected chi connectivity index (χ4v) is 3.23. The van der Waals surface area contributed by atoms with Crippen LogP contribution in [0.25, 0.3) is 0 Å². The number of hydrogen-bond acceptors (Lipinski definition) is 7. The van der Waals surface area contributed by atoms with E-state index in [-0.39, 0.29) is 11.7 Å². The molecular weight excluding hydrogens is 316 g/mol. The van der Waals surface area contributed by atoms with Crippen molar-refractivity contribution in [1.82, 2.24) is 0 Å². The van der Waals surface area contributed by atoms with Gasteiger partial charge in [-0.1, -0.05) is 36.5 Å². The Labute approximate surface area is 139 Å². The molecule has 0 aromatic rings. The van der Waals surface area contributed by atoms with Crippen molar-refractivity contribution in [3.8, 4) is 0 Å². The molecule has 4 N–H and O–H groups in total. The number of Topliss-reactive ketones (excluding diaryl/α,β-unsaturated/α-hetero) is 1. The van der Waals surface area contributed by atoms with Gasteiger partial charge in [-0.3, -0.25) is 4.79 Å². The van der Waals surface area contributed by atoms with Crippen LogP contribution in [0.1, 0.15) is 6.42 Å². The summed E-state index contributed by atoms with van der Waals surface area (Å²) in [4.78, 5) is 12.6. The second kappa shape index (κ2) is 7.26. The zero-order valence-electron chi connectivity index (χ0n) is 13.0. The number of ketones is 1. The summed E-state index contributed by atoms with van der Waals surface area (Å²) < 4.78 is 11.1. The minimum atomic E-state index is -1.51. The lowest BCUT2D eigenvalue weighted by molar-refractivity contribution is -0.309. The molecular formula is C17H22O7. The van der Waals surface area contributed by atoms with Crippen LogP contribution >= 0.6 is 0 Å². The van der Waals surface area contributed by atoms with E-state index in [0.717, 1.165) is 0 Å². The van der Waals surface area contributed by atoms with E-state index >= 15 is 0 Å². The summed E-state index contributed by atoms with van der Waals surface area (Å²) in [7, 11) is 0. The van der Waals surface area contributed by atoms with Crippen LogP contribution in [0.3, 0.4) is 0 Å². The number of carbonyl (C=O) groups is 1. The SMILES string of the molecule is O=C1[C@H]2C=CC=C[C@@H]1[C@@H](O[C@H]1O[C@H](CO)[C@@H](O)[C@H](O)[C@H]1O)C=CC2. The van der Waals surface area contributed by atoms with Crippen molar-refractivity contribution in [3.63, 3.8) is 0 Å². The van der Waals surface area contributed by atoms with Gasteiger partial charge in [0.1, 0.15) is 30.2 Å². The van der Waals surface area contributed by atoms with Gasteiger partial charge in [-0.25, -0.2) is 0 Å². The number of carbonyl (C=O) groups excluding carboxylic acids is 1. The zero-order chi connectivity index (χ0) is 17.3. The number of aliphatic hydroxyl groups is 4. The molecule has 3 aliphatic rings. The lowest BCUT2D eigenvalue weighted by atomic mass is 9.90. The Balaban J connectivity index is 1.78. The molecule has 0 aromatic heterocycles. The van der Waals surface area contributed by atoms with Gasteiger partial charge in [-0.15, -0.1) is 0 Å². The Bertz CT molecular complexity index is 553. The summed E-state index contributed by atoms with van der Waals surface area (Å²) in [5, 5.41) is 39.0. The molecule has 0 spiro atoms. The van der Waals surface area contributed by atoms with Crippen LogP contribution < -0.4 is 0 Å². The molecule has 2 bridgehead atoms. The predicted octanol–water partition coefficient (Wildman–Crippen LogP) is -0.941. The highest BCUT2D eigenvalue weighted by Gasteiger charge is 2.45. The Morgan fingerprint density at radius 3 is 2.58 bits per heavy atom. The van der Waals surface area contributed by atoms with Gasteiger partial charge < -0.3 is 29.9 Å². The molecule has 8 atom stereocenters. The summed E-state index contributed by atoms with van der Waals surface area (Å²) in [6.07, 6.45) is 3.95. The normalized spacial score (nSPS) is 45.1. The number of allylic oxidation sites excluding steroid dienone is 4. The number of aliphatic hydroxyl groups excluding tert-OH is 4. The third-order valence-corrected chi connectivity index (χ3v) is 4.68. The highest BCUT2D eigenvalue weighted by molar-refractivity contribution is 5.88. The van der Waals surface area contributed by atoms with Crippen molar-refractivity contribution in [2.45, 2.75) is 43.2 Å². The van der Waals surface area contributed by atoms with E-state index < -0.39 is 49.3 Å². The molecule has 1 heterocycles. The van der Waals surface area contributed by atoms with Crippen molar-refractivity contribution in [2.24, 2.45) is 11.8 Å². The van der Waals surface area contributed by atoms with Crippen molar-refractivity contribution in [1.29, 1.82) is 0 Å². The van der Waals surface area contributed by atoms with Crippen LogP contribution in [-0.2, 0) is 14.3 Å². The average Bonchev–Trinajstić information content (AvgIpc) is 2.85. The van der Waals surface area contributed by atoms with Crippen molar-refractivity contribution >= 4 is 5.78 Å². The maximum atomic E-state index is 12.6. The third-order valence-electron chi connectivity index (χ3n) is 4.68. The molecule has 0 amide bonds. The summed E-state index contributed by atoms with van der Waals surface area (Å²) in [6.45, 7) is -0.528. The predicted molar refractivity (Wildman–Crippen MR) is 82.7 cm³/mol. The first-order valence-corrected chi connectivity index (χ1v) is 8.04. The first-order chi connectivity index (χ1) is 11.5. The van der Waals surface area contributed by atoms with Crippen LogP contribution in [0.4, 0.5) is 0 Å². The Hall–Kier alpha value is -1.35. The minimum absolute atomic E-state index is 0.0135. The molecule has 2 aliphatic carbocycles. The maximum absolute atomic E-state index is 12.6. The Morgan fingerprint density at radius 1 is 1.08 bits per heavy atom. The number of fused-ring (bicyclic) bond motifs is 2. The largest absolute Gasteiger partial charge is 0.394 e. The molecule has 1 fully saturated rings. The Kier molecular flexibility index (Phi) is 5.29. The molecule has 1 saturated heterocycles. The molecule has 0 unspecified atom stereocenters. The lowest BCUT2D eigenvalue weighted by Gasteiger charge is -2.41. The molecule has 0 saturated carbocycles. The molecule has 7 heteroatoms. The zero-order valence-corrected chi connectivity index (χ0v) is 13.0. The summed E-state index contributed by atoms with van der Waals surface area (Å²) in [6, 6.07) is 0. The quantitative estimate of drug-likeness (QED) is 0.491. The number of ether oxygens (including phenoxy) is 2. The maximum Gasteiger partial charge on any atom is 0.187 e. The van der Waals surface area contributed by atoms with E-state index in [1.165, 1.54) is 0 Å². The third kappa shape index (κ3) is 3.23. The van der Waals surface area contributed by atoms with Crippen molar-refractivity contribution in [3.05, 3.63) is 36.5 Å². The van der Waals surface area contributed by atoms with Gasteiger partial charge in [0, 0.05) is 5.92 Å². The van der Waals surface area contributed by atoms with Gasteiger partial charge in [-0.2, -0.15) is 0 Å². The fraction of sp³-hybridized carbons (Fsp3) is 0.588. The summed E-state index contributed by atoms with van der Waals surface area (Å²) in [5.74, 6) is -0.736. The molecule has 132 valence electrons. The number of hydrogen-bond donors (Lipinski definition) is 4. The van der Waals surface area contributed by atoms with E-state index in [9.17, 15) is 25.2 Å². The smallest absolute Gasteiger partial charge is 0.187 e. The second-order valence-electron chi connectivity index (χ2n) is 6.27. The monoisotopic (exact) mass is 338 g/mol. The molecule has 24 heavy (non-hydrogen) atoms. The molecule has 0 aromatic carbocycles. The van der Waals surface area contributed by atoms with Gasteiger partial charge in [0.2, 0.25) is 0 Å². The molecule has 7 nitrogen and oxygen atoms in total. The van der Waals surface area contributed by atoms with E-state index in [0.29, 0.717) is 6.42 Å². The topological polar surface area (TPSA) is 116 Å². The number of rotatable bonds is 3. The van der Waals surface area contributed by atoms with Crippen LogP contribution in [0, 0.1) is 11.8 Å². The standard InChI is InChI=1S/C17H22O7/c18-8-12-14(20)15(21)16(22)17(24-12)23-11-7-3-5-9-4-1-2-6-10(11)13(9)19/h1-4,6-7,9-12,14-18,20-22H,5,8H2/t9-,10+,11-,12+,14+,15-,16+,17-/m0/s1. The van der Waals surface area contributed by atoms with Gasteiger partial charge in [0.25, 0.3) is 0 Å². The summed E-state index contributed by atoms with van der Waals surface area (Å²) >= 11 is 0. The second-order valence-corrected chi connectivity index (χ2v) is 6.27. The molecule has 3 rings (SSSR count). The van der Waals surface area contributed by atoms with Crippen LogP contribution in [0.5, 0.6) is 0 Å². The van der Waals surface area contributed by atoms with E-state index in [2.05, 4.69) is 0 Å². The fourth-order valence-electron chi connectivity index (χ4n) is 3.23. The van der Waals surface area contributed by atoms with Gasteiger partial charge in [0.15, 0.2) is 6.29 Å². The first-order valence-electron chi connectivity index (χ1n) is 8.04. The Morgan fingerprint density at radius 2 is 1.83 bits per heavy atom. The van der Waals surface area contributed by atoms with Crippen molar-refractivity contribution in [2.75, 3.05) is 6.61 Å². The van der Waals surface area contributed by atoms with Crippen LogP contribution in [0.15, 0.2) is 36.5 Å². The van der Waals surface area contributed by atoms with Gasteiger partial charge >= 0.3 is 0 Å². The van der Waals surface area contributed by atoms with Crippen LogP contribution in [-0.4, -0.2) is 69.6 Å². The van der Waals surface area contributed by atoms with Gasteiger partial charge in [0.05, 0.1) is 18.6 Å². The first kappa shape index (κ1) is 17.5. The van der Waals surface area contributed by atoms with E-state index in [1.807, 2.05) is 18.2 Å².